The molecular weight excluding hydrogens is 440 g/mol. The van der Waals surface area contributed by atoms with Gasteiger partial charge in [-0.05, 0) is 37.1 Å². The van der Waals surface area contributed by atoms with Gasteiger partial charge in [0, 0.05) is 25.2 Å². The third-order valence-electron chi connectivity index (χ3n) is 4.98. The van der Waals surface area contributed by atoms with Crippen molar-refractivity contribution in [1.29, 1.82) is 0 Å². The van der Waals surface area contributed by atoms with Crippen LogP contribution in [0.4, 0.5) is 21.0 Å². The molecule has 0 atom stereocenters. The van der Waals surface area contributed by atoms with Crippen LogP contribution in [0.15, 0.2) is 36.4 Å². The van der Waals surface area contributed by atoms with Crippen molar-refractivity contribution < 1.29 is 28.5 Å². The van der Waals surface area contributed by atoms with Crippen molar-refractivity contribution in [2.45, 2.75) is 25.7 Å². The third kappa shape index (κ3) is 8.61. The Balaban J connectivity index is 1.59. The normalized spacial score (nSPS) is 10.1. The van der Waals surface area contributed by atoms with E-state index in [0.717, 1.165) is 25.7 Å². The molecule has 2 rings (SSSR count). The van der Waals surface area contributed by atoms with Crippen LogP contribution in [-0.4, -0.2) is 53.6 Å². The first-order valence-corrected chi connectivity index (χ1v) is 11.0. The highest BCUT2D eigenvalue weighted by Crippen LogP contribution is 2.29. The van der Waals surface area contributed by atoms with Crippen LogP contribution >= 0.6 is 0 Å². The van der Waals surface area contributed by atoms with Gasteiger partial charge in [-0.15, -0.1) is 0 Å². The first-order valence-electron chi connectivity index (χ1n) is 11.0. The second-order valence-corrected chi connectivity index (χ2v) is 7.31. The molecule has 0 spiro atoms. The van der Waals surface area contributed by atoms with E-state index in [1.54, 1.807) is 64.8 Å². The monoisotopic (exact) mass is 474 g/mol. The van der Waals surface area contributed by atoms with Gasteiger partial charge in [-0.25, -0.2) is 9.59 Å². The van der Waals surface area contributed by atoms with E-state index in [1.165, 1.54) is 0 Å². The minimum atomic E-state index is -0.308. The smallest absolute Gasteiger partial charge is 0.319 e. The Kier molecular flexibility index (Phi) is 11.2. The van der Waals surface area contributed by atoms with Gasteiger partial charge in [-0.2, -0.15) is 0 Å². The van der Waals surface area contributed by atoms with Gasteiger partial charge in [0.2, 0.25) is 0 Å². The van der Waals surface area contributed by atoms with E-state index in [9.17, 15) is 9.59 Å². The average molecular weight is 475 g/mol. The lowest BCUT2D eigenvalue weighted by molar-refractivity contribution is 0.250. The van der Waals surface area contributed by atoms with Gasteiger partial charge in [0.15, 0.2) is 0 Å². The van der Waals surface area contributed by atoms with Crippen LogP contribution in [0, 0.1) is 0 Å². The summed E-state index contributed by atoms with van der Waals surface area (Å²) in [6, 6.07) is 9.77. The maximum Gasteiger partial charge on any atom is 0.319 e. The van der Waals surface area contributed by atoms with E-state index in [4.69, 9.17) is 18.9 Å². The Hall–Kier alpha value is -3.82. The molecule has 2 aromatic carbocycles. The summed E-state index contributed by atoms with van der Waals surface area (Å²) in [5, 5.41) is 11.2. The molecule has 186 valence electrons. The fraction of sp³-hybridized carbons (Fsp3) is 0.417. The predicted octanol–water partition coefficient (Wildman–Crippen LogP) is 4.22. The number of carbonyl (C=O) groups is 2. The molecule has 0 radical (unpaired) electrons. The highest BCUT2D eigenvalue weighted by atomic mass is 16.5. The van der Waals surface area contributed by atoms with Crippen LogP contribution in [-0.2, 0) is 0 Å². The molecule has 4 amide bonds. The van der Waals surface area contributed by atoms with Crippen molar-refractivity contribution in [1.82, 2.24) is 10.6 Å². The molecule has 10 nitrogen and oxygen atoms in total. The first kappa shape index (κ1) is 26.4. The number of anilines is 2. The van der Waals surface area contributed by atoms with Crippen LogP contribution < -0.4 is 40.2 Å². The quantitative estimate of drug-likeness (QED) is 0.323. The van der Waals surface area contributed by atoms with Crippen molar-refractivity contribution in [3.05, 3.63) is 36.4 Å². The van der Waals surface area contributed by atoms with E-state index >= 15 is 0 Å². The number of unbranched alkanes of at least 4 members (excludes halogenated alkanes) is 3. The molecule has 0 aliphatic carbocycles. The largest absolute Gasteiger partial charge is 0.497 e. The molecule has 2 aromatic rings. The first-order chi connectivity index (χ1) is 16.5. The molecule has 0 aromatic heterocycles. The molecule has 0 bridgehead atoms. The minimum absolute atomic E-state index is 0.308. The summed E-state index contributed by atoms with van der Waals surface area (Å²) in [5.41, 5.74) is 1.07. The van der Waals surface area contributed by atoms with Gasteiger partial charge in [0.1, 0.15) is 23.0 Å². The fourth-order valence-electron chi connectivity index (χ4n) is 3.16. The van der Waals surface area contributed by atoms with E-state index in [1.807, 2.05) is 0 Å². The number of urea groups is 2. The zero-order valence-electron chi connectivity index (χ0n) is 20.2. The van der Waals surface area contributed by atoms with Crippen LogP contribution in [0.5, 0.6) is 23.0 Å². The highest BCUT2D eigenvalue weighted by molar-refractivity contribution is 5.91. The van der Waals surface area contributed by atoms with Crippen molar-refractivity contribution in [3.8, 4) is 23.0 Å². The molecule has 0 aliphatic rings. The Labute approximate surface area is 200 Å². The van der Waals surface area contributed by atoms with Crippen LogP contribution in [0.3, 0.4) is 0 Å². The number of amides is 4. The van der Waals surface area contributed by atoms with Crippen molar-refractivity contribution in [3.63, 3.8) is 0 Å². The second-order valence-electron chi connectivity index (χ2n) is 7.31. The number of hydrogen-bond acceptors (Lipinski definition) is 6. The molecule has 10 heteroatoms. The van der Waals surface area contributed by atoms with Crippen molar-refractivity contribution in [2.24, 2.45) is 0 Å². The lowest BCUT2D eigenvalue weighted by Gasteiger charge is -2.13. The van der Waals surface area contributed by atoms with Crippen LogP contribution in [0.1, 0.15) is 25.7 Å². The molecule has 34 heavy (non-hydrogen) atoms. The number of hydrogen-bond donors (Lipinski definition) is 4. The lowest BCUT2D eigenvalue weighted by Crippen LogP contribution is -2.30. The number of methoxy groups -OCH3 is 4. The maximum atomic E-state index is 12.1. The summed E-state index contributed by atoms with van der Waals surface area (Å²) in [7, 11) is 6.20. The van der Waals surface area contributed by atoms with Crippen molar-refractivity contribution >= 4 is 23.4 Å². The fourth-order valence-corrected chi connectivity index (χ4v) is 3.16. The zero-order valence-corrected chi connectivity index (χ0v) is 20.2. The number of carbonyl (C=O) groups excluding carboxylic acids is 2. The topological polar surface area (TPSA) is 119 Å². The molecule has 0 aliphatic heterocycles. The predicted molar refractivity (Wildman–Crippen MR) is 132 cm³/mol. The van der Waals surface area contributed by atoms with Gasteiger partial charge < -0.3 is 40.2 Å². The Morgan fingerprint density at radius 1 is 0.618 bits per heavy atom. The molecule has 0 saturated carbocycles. The molecule has 4 N–H and O–H groups in total. The van der Waals surface area contributed by atoms with Crippen molar-refractivity contribution in [2.75, 3.05) is 52.2 Å². The van der Waals surface area contributed by atoms with Gasteiger partial charge in [0.25, 0.3) is 0 Å². The van der Waals surface area contributed by atoms with E-state index in [-0.39, 0.29) is 12.1 Å². The van der Waals surface area contributed by atoms with Gasteiger partial charge in [-0.3, -0.25) is 0 Å². The maximum absolute atomic E-state index is 12.1. The number of rotatable bonds is 13. The standard InChI is InChI=1S/C24H34N4O6/c1-31-17-9-11-21(33-3)19(15-17)27-23(29)25-13-7-5-6-8-14-26-24(30)28-20-16-18(32-2)10-12-22(20)34-4/h9-12,15-16H,5-8,13-14H2,1-4H3,(H2,25,27,29)(H2,26,28,30). The summed E-state index contributed by atoms with van der Waals surface area (Å²) < 4.78 is 20.9. The molecule has 0 unspecified atom stereocenters. The molecular formula is C24H34N4O6. The van der Waals surface area contributed by atoms with Crippen LogP contribution in [0.25, 0.3) is 0 Å². The molecule has 0 fully saturated rings. The molecule has 0 saturated heterocycles. The van der Waals surface area contributed by atoms with Gasteiger partial charge in [0.05, 0.1) is 39.8 Å². The van der Waals surface area contributed by atoms with E-state index < -0.39 is 0 Å². The Morgan fingerprint density at radius 2 is 1.03 bits per heavy atom. The average Bonchev–Trinajstić information content (AvgIpc) is 2.85. The summed E-state index contributed by atoms with van der Waals surface area (Å²) in [6.07, 6.45) is 3.51. The highest BCUT2D eigenvalue weighted by Gasteiger charge is 2.10. The van der Waals surface area contributed by atoms with E-state index in [2.05, 4.69) is 21.3 Å². The van der Waals surface area contributed by atoms with E-state index in [0.29, 0.717) is 47.5 Å². The van der Waals surface area contributed by atoms with Gasteiger partial charge in [-0.1, -0.05) is 12.8 Å². The summed E-state index contributed by atoms with van der Waals surface area (Å²) >= 11 is 0. The molecule has 0 heterocycles. The second kappa shape index (κ2) is 14.4. The summed E-state index contributed by atoms with van der Waals surface area (Å²) in [6.45, 7) is 1.09. The lowest BCUT2D eigenvalue weighted by atomic mass is 10.2. The SMILES string of the molecule is COc1ccc(OC)c(NC(=O)NCCCCCCNC(=O)Nc2cc(OC)ccc2OC)c1. The summed E-state index contributed by atoms with van der Waals surface area (Å²) in [4.78, 5) is 24.3. The number of nitrogens with one attached hydrogen (secondary N) is 4. The minimum Gasteiger partial charge on any atom is -0.497 e. The van der Waals surface area contributed by atoms with Crippen LogP contribution in [0.2, 0.25) is 0 Å². The Bertz CT molecular complexity index is 862. The third-order valence-corrected chi connectivity index (χ3v) is 4.98. The number of ether oxygens (including phenoxy) is 4. The number of benzene rings is 2. The zero-order chi connectivity index (χ0) is 24.8. The van der Waals surface area contributed by atoms with Gasteiger partial charge >= 0.3 is 12.1 Å². The summed E-state index contributed by atoms with van der Waals surface area (Å²) in [5.74, 6) is 2.36. The Morgan fingerprint density at radius 3 is 1.38 bits per heavy atom.